The standard InChI is InChI=1S/C16H19N3O3S2/c1-5-11-10(4)24-14(13(11)15(21)22)19-12(20)7-23-16-17-8(2)6-9(3)18-16/h6H,5,7H2,1-4H3,(H,19,20)(H,21,22). The van der Waals surface area contributed by atoms with E-state index >= 15 is 0 Å². The van der Waals surface area contributed by atoms with Crippen molar-refractivity contribution in [1.82, 2.24) is 9.97 Å². The molecule has 2 N–H and O–H groups in total. The summed E-state index contributed by atoms with van der Waals surface area (Å²) in [6.45, 7) is 7.52. The Morgan fingerprint density at radius 1 is 1.25 bits per heavy atom. The zero-order valence-corrected chi connectivity index (χ0v) is 15.6. The van der Waals surface area contributed by atoms with E-state index in [1.807, 2.05) is 33.8 Å². The summed E-state index contributed by atoms with van der Waals surface area (Å²) in [6.07, 6.45) is 0.616. The third kappa shape index (κ3) is 4.33. The summed E-state index contributed by atoms with van der Waals surface area (Å²) in [5, 5.41) is 13.0. The fourth-order valence-corrected chi connectivity index (χ4v) is 4.27. The number of nitrogens with one attached hydrogen (secondary N) is 1. The molecule has 0 saturated heterocycles. The van der Waals surface area contributed by atoms with Crippen molar-refractivity contribution in [2.24, 2.45) is 0 Å². The third-order valence-corrected chi connectivity index (χ3v) is 5.23. The Morgan fingerprint density at radius 3 is 2.42 bits per heavy atom. The predicted molar refractivity (Wildman–Crippen MR) is 96.3 cm³/mol. The number of carbonyl (C=O) groups excluding carboxylic acids is 1. The Labute approximate surface area is 148 Å². The van der Waals surface area contributed by atoms with Gasteiger partial charge in [-0.3, -0.25) is 4.79 Å². The van der Waals surface area contributed by atoms with Crippen molar-refractivity contribution in [3.63, 3.8) is 0 Å². The predicted octanol–water partition coefficient (Wildman–Crippen LogP) is 3.45. The second-order valence-electron chi connectivity index (χ2n) is 5.27. The van der Waals surface area contributed by atoms with Gasteiger partial charge in [-0.15, -0.1) is 11.3 Å². The number of hydrogen-bond donors (Lipinski definition) is 2. The Kier molecular flexibility index (Phi) is 5.95. The first kappa shape index (κ1) is 18.4. The number of carboxylic acid groups (broad SMARTS) is 1. The van der Waals surface area contributed by atoms with Gasteiger partial charge in [-0.2, -0.15) is 0 Å². The number of anilines is 1. The molecule has 2 aromatic rings. The molecule has 0 fully saturated rings. The highest BCUT2D eigenvalue weighted by Crippen LogP contribution is 2.33. The van der Waals surface area contributed by atoms with Crippen molar-refractivity contribution in [2.75, 3.05) is 11.1 Å². The topological polar surface area (TPSA) is 92.2 Å². The first-order valence-corrected chi connectivity index (χ1v) is 9.22. The molecule has 2 rings (SSSR count). The monoisotopic (exact) mass is 365 g/mol. The van der Waals surface area contributed by atoms with Crippen molar-refractivity contribution >= 4 is 40.0 Å². The Bertz CT molecular complexity index is 767. The number of aryl methyl sites for hydroxylation is 3. The number of rotatable bonds is 6. The van der Waals surface area contributed by atoms with Crippen molar-refractivity contribution in [3.05, 3.63) is 33.5 Å². The lowest BCUT2D eigenvalue weighted by molar-refractivity contribution is -0.113. The van der Waals surface area contributed by atoms with E-state index in [2.05, 4.69) is 15.3 Å². The Hall–Kier alpha value is -1.93. The summed E-state index contributed by atoms with van der Waals surface area (Å²) < 4.78 is 0. The summed E-state index contributed by atoms with van der Waals surface area (Å²) >= 11 is 2.53. The van der Waals surface area contributed by atoms with Crippen LogP contribution in [0.2, 0.25) is 0 Å². The zero-order chi connectivity index (χ0) is 17.9. The molecule has 0 aliphatic rings. The molecule has 0 aliphatic carbocycles. The number of hydrogen-bond acceptors (Lipinski definition) is 6. The van der Waals surface area contributed by atoms with Crippen LogP contribution in [0, 0.1) is 20.8 Å². The molecule has 0 bridgehead atoms. The maximum Gasteiger partial charge on any atom is 0.339 e. The van der Waals surface area contributed by atoms with Gasteiger partial charge in [0, 0.05) is 16.3 Å². The minimum absolute atomic E-state index is 0.125. The lowest BCUT2D eigenvalue weighted by Gasteiger charge is -2.05. The minimum Gasteiger partial charge on any atom is -0.478 e. The first-order chi connectivity index (χ1) is 11.3. The molecule has 2 heterocycles. The number of amides is 1. The summed E-state index contributed by atoms with van der Waals surface area (Å²) in [5.74, 6) is -1.16. The molecular formula is C16H19N3O3S2. The van der Waals surface area contributed by atoms with E-state index in [0.717, 1.165) is 21.8 Å². The van der Waals surface area contributed by atoms with Gasteiger partial charge in [0.15, 0.2) is 5.16 Å². The van der Waals surface area contributed by atoms with E-state index in [-0.39, 0.29) is 17.2 Å². The smallest absolute Gasteiger partial charge is 0.339 e. The average molecular weight is 365 g/mol. The number of nitrogens with zero attached hydrogens (tertiary/aromatic N) is 2. The molecule has 2 aromatic heterocycles. The van der Waals surface area contributed by atoms with Gasteiger partial charge >= 0.3 is 5.97 Å². The number of carboxylic acids is 1. The van der Waals surface area contributed by atoms with E-state index in [4.69, 9.17) is 0 Å². The maximum absolute atomic E-state index is 12.2. The van der Waals surface area contributed by atoms with Crippen LogP contribution in [-0.4, -0.2) is 32.7 Å². The van der Waals surface area contributed by atoms with E-state index in [1.54, 1.807) is 0 Å². The van der Waals surface area contributed by atoms with Crippen molar-refractivity contribution in [3.8, 4) is 0 Å². The molecule has 0 radical (unpaired) electrons. The van der Waals surface area contributed by atoms with Crippen molar-refractivity contribution < 1.29 is 14.7 Å². The van der Waals surface area contributed by atoms with Crippen LogP contribution in [0.4, 0.5) is 5.00 Å². The summed E-state index contributed by atoms with van der Waals surface area (Å²) in [7, 11) is 0. The molecule has 0 aliphatic heterocycles. The molecule has 6 nitrogen and oxygen atoms in total. The molecule has 0 aromatic carbocycles. The summed E-state index contributed by atoms with van der Waals surface area (Å²) in [5.41, 5.74) is 2.66. The van der Waals surface area contributed by atoms with E-state index < -0.39 is 5.97 Å². The van der Waals surface area contributed by atoms with Gasteiger partial charge in [-0.25, -0.2) is 14.8 Å². The second kappa shape index (κ2) is 7.76. The van der Waals surface area contributed by atoms with Crippen LogP contribution >= 0.6 is 23.1 Å². The number of carbonyl (C=O) groups is 2. The van der Waals surface area contributed by atoms with E-state index in [0.29, 0.717) is 16.6 Å². The van der Waals surface area contributed by atoms with Gasteiger partial charge in [0.2, 0.25) is 5.91 Å². The van der Waals surface area contributed by atoms with Crippen LogP contribution in [0.25, 0.3) is 0 Å². The normalized spacial score (nSPS) is 10.7. The number of aromatic carboxylic acids is 1. The third-order valence-electron chi connectivity index (χ3n) is 3.32. The van der Waals surface area contributed by atoms with Gasteiger partial charge < -0.3 is 10.4 Å². The molecule has 0 spiro atoms. The first-order valence-electron chi connectivity index (χ1n) is 7.42. The highest BCUT2D eigenvalue weighted by atomic mass is 32.2. The molecule has 128 valence electrons. The molecule has 0 unspecified atom stereocenters. The lowest BCUT2D eigenvalue weighted by Crippen LogP contribution is -2.16. The van der Waals surface area contributed by atoms with E-state index in [9.17, 15) is 14.7 Å². The minimum atomic E-state index is -1.02. The fourth-order valence-electron chi connectivity index (χ4n) is 2.37. The number of thioether (sulfide) groups is 1. The van der Waals surface area contributed by atoms with Gasteiger partial charge in [0.1, 0.15) is 5.00 Å². The highest BCUT2D eigenvalue weighted by Gasteiger charge is 2.21. The zero-order valence-electron chi connectivity index (χ0n) is 14.0. The largest absolute Gasteiger partial charge is 0.478 e. The highest BCUT2D eigenvalue weighted by molar-refractivity contribution is 7.99. The molecule has 0 saturated carbocycles. The number of thiophene rings is 1. The maximum atomic E-state index is 12.2. The SMILES string of the molecule is CCc1c(C)sc(NC(=O)CSc2nc(C)cc(C)n2)c1C(=O)O. The van der Waals surface area contributed by atoms with Crippen LogP contribution in [0.15, 0.2) is 11.2 Å². The molecule has 24 heavy (non-hydrogen) atoms. The Balaban J connectivity index is 2.09. The van der Waals surface area contributed by atoms with Crippen molar-refractivity contribution in [1.29, 1.82) is 0 Å². The van der Waals surface area contributed by atoms with Gasteiger partial charge in [0.25, 0.3) is 0 Å². The fraction of sp³-hybridized carbons (Fsp3) is 0.375. The van der Waals surface area contributed by atoms with Gasteiger partial charge in [-0.05, 0) is 38.8 Å². The van der Waals surface area contributed by atoms with Crippen LogP contribution in [0.1, 0.15) is 39.1 Å². The van der Waals surface area contributed by atoms with Crippen LogP contribution in [0.3, 0.4) is 0 Å². The van der Waals surface area contributed by atoms with Crippen LogP contribution in [0.5, 0.6) is 0 Å². The van der Waals surface area contributed by atoms with Crippen LogP contribution in [-0.2, 0) is 11.2 Å². The van der Waals surface area contributed by atoms with Crippen LogP contribution < -0.4 is 5.32 Å². The average Bonchev–Trinajstić information content (AvgIpc) is 2.79. The molecule has 0 atom stereocenters. The molecule has 8 heteroatoms. The second-order valence-corrected chi connectivity index (χ2v) is 7.44. The van der Waals surface area contributed by atoms with Crippen molar-refractivity contribution in [2.45, 2.75) is 39.3 Å². The Morgan fingerprint density at radius 2 is 1.88 bits per heavy atom. The van der Waals surface area contributed by atoms with Gasteiger partial charge in [0.05, 0.1) is 11.3 Å². The number of aromatic nitrogens is 2. The molecule has 1 amide bonds. The van der Waals surface area contributed by atoms with Gasteiger partial charge in [-0.1, -0.05) is 18.7 Å². The lowest BCUT2D eigenvalue weighted by atomic mass is 10.1. The quantitative estimate of drug-likeness (QED) is 0.602. The van der Waals surface area contributed by atoms with E-state index in [1.165, 1.54) is 23.1 Å². The summed E-state index contributed by atoms with van der Waals surface area (Å²) in [4.78, 5) is 33.1. The molecular weight excluding hydrogens is 346 g/mol. The summed E-state index contributed by atoms with van der Waals surface area (Å²) in [6, 6.07) is 1.87.